The molecular weight excluding hydrogens is 507 g/mol. The van der Waals surface area contributed by atoms with E-state index in [2.05, 4.69) is 20.5 Å². The number of amides is 2. The molecule has 1 fully saturated rings. The Morgan fingerprint density at radius 1 is 1.08 bits per heavy atom. The van der Waals surface area contributed by atoms with E-state index >= 15 is 0 Å². The largest absolute Gasteiger partial charge is 0.456 e. The summed E-state index contributed by atoms with van der Waals surface area (Å²) < 4.78 is 44.8. The van der Waals surface area contributed by atoms with Gasteiger partial charge in [-0.1, -0.05) is 32.1 Å². The van der Waals surface area contributed by atoms with Gasteiger partial charge in [0.05, 0.1) is 16.8 Å². The molecule has 37 heavy (non-hydrogen) atoms. The van der Waals surface area contributed by atoms with Crippen LogP contribution in [0.25, 0.3) is 0 Å². The van der Waals surface area contributed by atoms with E-state index in [1.807, 2.05) is 27.7 Å². The van der Waals surface area contributed by atoms with Gasteiger partial charge in [-0.15, -0.1) is 10.2 Å². The predicted molar refractivity (Wildman–Crippen MR) is 132 cm³/mol. The molecule has 2 amide bonds. The van der Waals surface area contributed by atoms with Gasteiger partial charge >= 0.3 is 6.18 Å². The normalized spacial score (nSPS) is 15.2. The lowest BCUT2D eigenvalue weighted by atomic mass is 9.89. The summed E-state index contributed by atoms with van der Waals surface area (Å²) in [5, 5.41) is 12.2. The number of carbonyl (C=O) groups is 2. The first kappa shape index (κ1) is 26.8. The topological polar surface area (TPSA) is 101 Å². The fraction of sp³-hybridized carbons (Fsp3) is 0.480. The first-order valence-electron chi connectivity index (χ1n) is 11.8. The van der Waals surface area contributed by atoms with Crippen LogP contribution in [0.5, 0.6) is 0 Å². The number of nitrogens with one attached hydrogen (secondary N) is 1. The van der Waals surface area contributed by atoms with E-state index in [1.54, 1.807) is 12.1 Å². The van der Waals surface area contributed by atoms with E-state index in [9.17, 15) is 22.8 Å². The highest BCUT2D eigenvalue weighted by atomic mass is 32.1. The fourth-order valence-corrected chi connectivity index (χ4v) is 5.03. The van der Waals surface area contributed by atoms with Crippen LogP contribution in [0, 0.1) is 13.8 Å². The average Bonchev–Trinajstić information content (AvgIpc) is 3.45. The third-order valence-electron chi connectivity index (χ3n) is 6.11. The van der Waals surface area contributed by atoms with Crippen molar-refractivity contribution in [3.05, 3.63) is 57.2 Å². The van der Waals surface area contributed by atoms with Gasteiger partial charge in [-0.25, -0.2) is 0 Å². The second kappa shape index (κ2) is 9.88. The highest BCUT2D eigenvalue weighted by Gasteiger charge is 2.41. The van der Waals surface area contributed by atoms with Crippen LogP contribution in [0.15, 0.2) is 22.6 Å². The summed E-state index contributed by atoms with van der Waals surface area (Å²) in [5.74, 6) is -2.47. The average molecular weight is 536 g/mol. The molecule has 0 unspecified atom stereocenters. The van der Waals surface area contributed by atoms with Gasteiger partial charge in [0.15, 0.2) is 0 Å². The monoisotopic (exact) mass is 535 g/mol. The van der Waals surface area contributed by atoms with Crippen LogP contribution in [-0.2, 0) is 11.6 Å². The molecule has 1 N–H and O–H groups in total. The Balaban J connectivity index is 1.49. The van der Waals surface area contributed by atoms with Crippen molar-refractivity contribution in [1.29, 1.82) is 0 Å². The van der Waals surface area contributed by atoms with Gasteiger partial charge in [0, 0.05) is 30.1 Å². The molecule has 3 aromatic heterocycles. The number of aryl methyl sites for hydroxylation is 2. The predicted octanol–water partition coefficient (Wildman–Crippen LogP) is 5.73. The Bertz CT molecular complexity index is 1320. The molecule has 0 atom stereocenters. The molecule has 0 saturated carbocycles. The van der Waals surface area contributed by atoms with E-state index in [1.165, 1.54) is 23.2 Å². The molecule has 4 heterocycles. The molecule has 3 aromatic rings. The zero-order valence-electron chi connectivity index (χ0n) is 21.2. The first-order chi connectivity index (χ1) is 17.2. The summed E-state index contributed by atoms with van der Waals surface area (Å²) in [6.07, 6.45) is -3.85. The SMILES string of the molecule is Cc1ccc(C(=O)Nc2nnc(C(C)(C)C)s2)c(C2CCN(C(=O)c3cc(C)oc3C(F)(F)F)CC2)n1. The minimum Gasteiger partial charge on any atom is -0.456 e. The third-order valence-corrected chi connectivity index (χ3v) is 7.37. The Morgan fingerprint density at radius 3 is 2.35 bits per heavy atom. The van der Waals surface area contributed by atoms with Crippen molar-refractivity contribution in [2.75, 3.05) is 18.4 Å². The number of rotatable bonds is 4. The number of piperidine rings is 1. The van der Waals surface area contributed by atoms with Crippen molar-refractivity contribution < 1.29 is 27.2 Å². The molecule has 4 rings (SSSR count). The van der Waals surface area contributed by atoms with Crippen LogP contribution in [-0.4, -0.2) is 45.0 Å². The van der Waals surface area contributed by atoms with E-state index < -0.39 is 23.4 Å². The van der Waals surface area contributed by atoms with Crippen molar-refractivity contribution in [2.24, 2.45) is 0 Å². The van der Waals surface area contributed by atoms with Gasteiger partial charge in [-0.05, 0) is 44.9 Å². The number of alkyl halides is 3. The standard InChI is InChI=1S/C25H28F3N5O3S/c1-13-6-7-16(20(34)30-23-32-31-22(37-23)24(3,4)5)18(29-13)15-8-10-33(11-9-15)21(35)17-12-14(2)36-19(17)25(26,27)28/h6-7,12,15H,8-11H2,1-5H3,(H,30,32,34). The van der Waals surface area contributed by atoms with Crippen molar-refractivity contribution in [3.8, 4) is 0 Å². The number of hydrogen-bond donors (Lipinski definition) is 1. The Hall–Kier alpha value is -3.28. The van der Waals surface area contributed by atoms with E-state index in [-0.39, 0.29) is 36.1 Å². The van der Waals surface area contributed by atoms with Gasteiger partial charge in [-0.2, -0.15) is 13.2 Å². The van der Waals surface area contributed by atoms with Crippen LogP contribution in [0.3, 0.4) is 0 Å². The quantitative estimate of drug-likeness (QED) is 0.458. The molecule has 1 aliphatic rings. The number of nitrogens with zero attached hydrogens (tertiary/aromatic N) is 4. The molecule has 8 nitrogen and oxygen atoms in total. The summed E-state index contributed by atoms with van der Waals surface area (Å²) in [4.78, 5) is 32.1. The fourth-order valence-electron chi connectivity index (χ4n) is 4.23. The van der Waals surface area contributed by atoms with Crippen molar-refractivity contribution in [3.63, 3.8) is 0 Å². The van der Waals surface area contributed by atoms with Crippen molar-refractivity contribution in [2.45, 2.75) is 65.0 Å². The summed E-state index contributed by atoms with van der Waals surface area (Å²) in [6.45, 7) is 9.69. The molecule has 12 heteroatoms. The summed E-state index contributed by atoms with van der Waals surface area (Å²) in [7, 11) is 0. The van der Waals surface area contributed by atoms with Crippen molar-refractivity contribution in [1.82, 2.24) is 20.1 Å². The molecule has 0 bridgehead atoms. The number of anilines is 1. The molecule has 0 aliphatic carbocycles. The summed E-state index contributed by atoms with van der Waals surface area (Å²) in [6, 6.07) is 4.58. The van der Waals surface area contributed by atoms with E-state index in [4.69, 9.17) is 4.42 Å². The lowest BCUT2D eigenvalue weighted by Crippen LogP contribution is -2.39. The summed E-state index contributed by atoms with van der Waals surface area (Å²) in [5.41, 5.74) is 1.05. The Morgan fingerprint density at radius 2 is 1.76 bits per heavy atom. The Labute approximate surface area is 216 Å². The van der Waals surface area contributed by atoms with E-state index in [0.717, 1.165) is 16.8 Å². The van der Waals surface area contributed by atoms with Crippen LogP contribution in [0.4, 0.5) is 18.3 Å². The third kappa shape index (κ3) is 5.84. The second-order valence-corrected chi connectivity index (χ2v) is 11.1. The molecule has 198 valence electrons. The number of hydrogen-bond acceptors (Lipinski definition) is 7. The maximum Gasteiger partial charge on any atom is 0.450 e. The molecule has 0 aromatic carbocycles. The molecule has 1 aliphatic heterocycles. The second-order valence-electron chi connectivity index (χ2n) is 10.2. The van der Waals surface area contributed by atoms with Crippen LogP contribution in [0.2, 0.25) is 0 Å². The Kier molecular flexibility index (Phi) is 7.15. The molecule has 0 spiro atoms. The number of likely N-dealkylation sites (tertiary alicyclic amines) is 1. The maximum atomic E-state index is 13.3. The van der Waals surface area contributed by atoms with Crippen LogP contribution in [0.1, 0.15) is 88.2 Å². The highest BCUT2D eigenvalue weighted by molar-refractivity contribution is 7.15. The van der Waals surface area contributed by atoms with Gasteiger partial charge in [0.25, 0.3) is 11.8 Å². The number of aromatic nitrogens is 3. The van der Waals surface area contributed by atoms with Gasteiger partial charge in [-0.3, -0.25) is 19.9 Å². The molecule has 1 saturated heterocycles. The maximum absolute atomic E-state index is 13.3. The first-order valence-corrected chi connectivity index (χ1v) is 12.7. The number of carbonyl (C=O) groups excluding carboxylic acids is 2. The summed E-state index contributed by atoms with van der Waals surface area (Å²) >= 11 is 1.31. The van der Waals surface area contributed by atoms with Crippen molar-refractivity contribution >= 4 is 28.3 Å². The van der Waals surface area contributed by atoms with E-state index in [0.29, 0.717) is 29.2 Å². The molecular formula is C25H28F3N5O3S. The zero-order valence-corrected chi connectivity index (χ0v) is 22.0. The lowest BCUT2D eigenvalue weighted by Gasteiger charge is -2.32. The number of pyridine rings is 1. The van der Waals surface area contributed by atoms with Gasteiger partial charge in [0.2, 0.25) is 10.9 Å². The van der Waals surface area contributed by atoms with Gasteiger partial charge < -0.3 is 9.32 Å². The zero-order chi connectivity index (χ0) is 27.1. The highest BCUT2D eigenvalue weighted by Crippen LogP contribution is 2.36. The van der Waals surface area contributed by atoms with Gasteiger partial charge in [0.1, 0.15) is 10.8 Å². The minimum atomic E-state index is -4.76. The smallest absolute Gasteiger partial charge is 0.450 e. The van der Waals surface area contributed by atoms with Crippen LogP contribution >= 0.6 is 11.3 Å². The number of furan rings is 1. The number of halogens is 3. The minimum absolute atomic E-state index is 0.0234. The molecule has 0 radical (unpaired) electrons. The van der Waals surface area contributed by atoms with Crippen LogP contribution < -0.4 is 5.32 Å². The lowest BCUT2D eigenvalue weighted by molar-refractivity contribution is -0.153.